The minimum absolute atomic E-state index is 0.139. The number of benzene rings is 1. The predicted molar refractivity (Wildman–Crippen MR) is 78.0 cm³/mol. The lowest BCUT2D eigenvalue weighted by atomic mass is 10.0. The molecular formula is C15H14N2S. The van der Waals surface area contributed by atoms with Gasteiger partial charge in [0.25, 0.3) is 0 Å². The summed E-state index contributed by atoms with van der Waals surface area (Å²) < 4.78 is 0. The Labute approximate surface area is 111 Å². The van der Waals surface area contributed by atoms with Gasteiger partial charge in [0, 0.05) is 16.0 Å². The van der Waals surface area contributed by atoms with Crippen LogP contribution in [0.25, 0.3) is 11.1 Å². The minimum Gasteiger partial charge on any atom is -0.353 e. The van der Waals surface area contributed by atoms with Crippen molar-refractivity contribution in [3.8, 4) is 11.1 Å². The zero-order chi connectivity index (χ0) is 12.4. The molecule has 0 amide bonds. The molecule has 0 saturated carbocycles. The molecule has 18 heavy (non-hydrogen) atoms. The Morgan fingerprint density at radius 1 is 1.22 bits per heavy atom. The number of aryl methyl sites for hydroxylation is 1. The van der Waals surface area contributed by atoms with Gasteiger partial charge in [-0.15, -0.1) is 11.3 Å². The van der Waals surface area contributed by atoms with E-state index < -0.39 is 0 Å². The molecule has 3 heteroatoms. The fraction of sp³-hybridized carbons (Fsp3) is 0.133. The molecule has 1 aromatic heterocycles. The number of nitrogens with one attached hydrogen (secondary N) is 1. The van der Waals surface area contributed by atoms with Crippen LogP contribution in [0.15, 0.2) is 53.7 Å². The van der Waals surface area contributed by atoms with Crippen LogP contribution in [-0.2, 0) is 0 Å². The summed E-state index contributed by atoms with van der Waals surface area (Å²) in [6.45, 7) is 2.15. The zero-order valence-corrected chi connectivity index (χ0v) is 10.9. The molecule has 2 nitrogen and oxygen atoms in total. The Hall–Kier alpha value is -1.87. The van der Waals surface area contributed by atoms with Crippen LogP contribution in [0.3, 0.4) is 0 Å². The van der Waals surface area contributed by atoms with E-state index in [-0.39, 0.29) is 6.04 Å². The van der Waals surface area contributed by atoms with Gasteiger partial charge in [-0.05, 0) is 30.2 Å². The number of thiophene rings is 1. The van der Waals surface area contributed by atoms with Crippen molar-refractivity contribution < 1.29 is 0 Å². The minimum atomic E-state index is 0.139. The highest BCUT2D eigenvalue weighted by atomic mass is 32.1. The molecule has 3 rings (SSSR count). The third-order valence-corrected chi connectivity index (χ3v) is 4.04. The molecule has 2 aromatic rings. The molecule has 1 N–H and O–H groups in total. The van der Waals surface area contributed by atoms with Crippen LogP contribution in [0, 0.1) is 6.92 Å². The molecule has 0 aliphatic carbocycles. The molecule has 0 bridgehead atoms. The van der Waals surface area contributed by atoms with Crippen LogP contribution in [0.2, 0.25) is 0 Å². The maximum absolute atomic E-state index is 4.49. The number of hydrogen-bond donors (Lipinski definition) is 1. The van der Waals surface area contributed by atoms with Crippen molar-refractivity contribution >= 4 is 17.7 Å². The summed E-state index contributed by atoms with van der Waals surface area (Å²) in [7, 11) is 0. The van der Waals surface area contributed by atoms with Crippen LogP contribution in [0.4, 0.5) is 0 Å². The third kappa shape index (κ3) is 2.09. The van der Waals surface area contributed by atoms with Crippen LogP contribution in [-0.4, -0.2) is 6.34 Å². The lowest BCUT2D eigenvalue weighted by Gasteiger charge is -2.12. The zero-order valence-electron chi connectivity index (χ0n) is 10.1. The van der Waals surface area contributed by atoms with Crippen molar-refractivity contribution in [2.45, 2.75) is 13.0 Å². The van der Waals surface area contributed by atoms with E-state index in [1.165, 1.54) is 20.9 Å². The van der Waals surface area contributed by atoms with Crippen LogP contribution in [0.5, 0.6) is 0 Å². The molecule has 1 unspecified atom stereocenters. The lowest BCUT2D eigenvalue weighted by molar-refractivity contribution is 0.906. The van der Waals surface area contributed by atoms with Crippen molar-refractivity contribution in [2.75, 3.05) is 0 Å². The number of aliphatic imine (C=N–C) groups is 1. The fourth-order valence-corrected chi connectivity index (χ4v) is 3.18. The Morgan fingerprint density at radius 2 is 2.06 bits per heavy atom. The van der Waals surface area contributed by atoms with Gasteiger partial charge in [0.2, 0.25) is 0 Å². The normalized spacial score (nSPS) is 17.7. The Morgan fingerprint density at radius 3 is 2.78 bits per heavy atom. The van der Waals surface area contributed by atoms with Crippen LogP contribution >= 0.6 is 11.3 Å². The van der Waals surface area contributed by atoms with E-state index in [1.807, 2.05) is 23.6 Å². The van der Waals surface area contributed by atoms with Gasteiger partial charge in [0.05, 0.1) is 6.34 Å². The van der Waals surface area contributed by atoms with E-state index in [9.17, 15) is 0 Å². The average molecular weight is 254 g/mol. The Kier molecular flexibility index (Phi) is 2.99. The number of rotatable bonds is 2. The van der Waals surface area contributed by atoms with Gasteiger partial charge in [-0.25, -0.2) is 0 Å². The molecule has 0 saturated heterocycles. The third-order valence-electron chi connectivity index (χ3n) is 2.92. The summed E-state index contributed by atoms with van der Waals surface area (Å²) in [4.78, 5) is 7.12. The average Bonchev–Trinajstić information content (AvgIpc) is 2.83. The second-order valence-electron chi connectivity index (χ2n) is 4.25. The van der Waals surface area contributed by atoms with Crippen LogP contribution in [0.1, 0.15) is 15.8 Å². The van der Waals surface area contributed by atoms with Crippen molar-refractivity contribution in [2.24, 2.45) is 4.99 Å². The molecule has 1 atom stereocenters. The van der Waals surface area contributed by atoms with Gasteiger partial charge in [0.15, 0.2) is 0 Å². The molecule has 0 spiro atoms. The van der Waals surface area contributed by atoms with Crippen LogP contribution < -0.4 is 5.32 Å². The van der Waals surface area contributed by atoms with E-state index in [0.29, 0.717) is 0 Å². The number of nitrogens with zero attached hydrogens (tertiary/aromatic N) is 1. The topological polar surface area (TPSA) is 24.4 Å². The molecular weight excluding hydrogens is 240 g/mol. The molecule has 1 aromatic carbocycles. The van der Waals surface area contributed by atoms with Gasteiger partial charge < -0.3 is 5.32 Å². The maximum Gasteiger partial charge on any atom is 0.106 e. The summed E-state index contributed by atoms with van der Waals surface area (Å²) in [5.74, 6) is 0. The SMILES string of the molecule is Cc1cc(-c2ccccc2)c(C2C=CNC=N2)s1. The van der Waals surface area contributed by atoms with Crippen molar-refractivity contribution in [1.29, 1.82) is 0 Å². The van der Waals surface area contributed by atoms with E-state index in [2.05, 4.69) is 53.6 Å². The first kappa shape index (κ1) is 11.2. The van der Waals surface area contributed by atoms with E-state index in [1.54, 1.807) is 6.34 Å². The van der Waals surface area contributed by atoms with E-state index >= 15 is 0 Å². The molecule has 0 radical (unpaired) electrons. The summed E-state index contributed by atoms with van der Waals surface area (Å²) in [6.07, 6.45) is 5.80. The first-order chi connectivity index (χ1) is 8.84. The van der Waals surface area contributed by atoms with Crippen molar-refractivity contribution in [1.82, 2.24) is 5.32 Å². The first-order valence-electron chi connectivity index (χ1n) is 5.95. The van der Waals surface area contributed by atoms with Gasteiger partial charge >= 0.3 is 0 Å². The smallest absolute Gasteiger partial charge is 0.106 e. The second-order valence-corrected chi connectivity index (χ2v) is 5.54. The summed E-state index contributed by atoms with van der Waals surface area (Å²) in [5, 5.41) is 2.98. The Balaban J connectivity index is 2.07. The van der Waals surface area contributed by atoms with Gasteiger partial charge in [-0.1, -0.05) is 30.3 Å². The molecule has 1 aliphatic heterocycles. The maximum atomic E-state index is 4.49. The van der Waals surface area contributed by atoms with Gasteiger partial charge in [0.1, 0.15) is 6.04 Å². The molecule has 0 fully saturated rings. The first-order valence-corrected chi connectivity index (χ1v) is 6.76. The Bertz CT molecular complexity index is 584. The van der Waals surface area contributed by atoms with Crippen molar-refractivity contribution in [3.63, 3.8) is 0 Å². The fourth-order valence-electron chi connectivity index (χ4n) is 2.11. The quantitative estimate of drug-likeness (QED) is 0.863. The molecule has 2 heterocycles. The van der Waals surface area contributed by atoms with E-state index in [0.717, 1.165) is 0 Å². The van der Waals surface area contributed by atoms with Gasteiger partial charge in [-0.3, -0.25) is 4.99 Å². The molecule has 90 valence electrons. The lowest BCUT2D eigenvalue weighted by Crippen LogP contribution is -2.08. The summed E-state index contributed by atoms with van der Waals surface area (Å²) in [5.41, 5.74) is 2.56. The van der Waals surface area contributed by atoms with Crippen molar-refractivity contribution in [3.05, 3.63) is 58.4 Å². The van der Waals surface area contributed by atoms with E-state index in [4.69, 9.17) is 0 Å². The highest BCUT2D eigenvalue weighted by molar-refractivity contribution is 7.12. The largest absolute Gasteiger partial charge is 0.353 e. The standard InChI is InChI=1S/C15H14N2S/c1-11-9-13(12-5-3-2-4-6-12)15(18-11)14-7-8-16-10-17-14/h2-10,14H,1H3,(H,16,17). The number of hydrogen-bond acceptors (Lipinski definition) is 3. The second kappa shape index (κ2) is 4.78. The highest BCUT2D eigenvalue weighted by Gasteiger charge is 2.16. The molecule has 1 aliphatic rings. The monoisotopic (exact) mass is 254 g/mol. The highest BCUT2D eigenvalue weighted by Crippen LogP contribution is 2.37. The summed E-state index contributed by atoms with van der Waals surface area (Å²) in [6, 6.07) is 12.9. The van der Waals surface area contributed by atoms with Gasteiger partial charge in [-0.2, -0.15) is 0 Å². The predicted octanol–water partition coefficient (Wildman–Crippen LogP) is 3.91. The summed E-state index contributed by atoms with van der Waals surface area (Å²) >= 11 is 1.82.